The molecule has 0 saturated carbocycles. The van der Waals surface area contributed by atoms with Crippen molar-refractivity contribution in [2.24, 2.45) is 0 Å². The van der Waals surface area contributed by atoms with Crippen LogP contribution in [0.3, 0.4) is 0 Å². The fraction of sp³-hybridized carbons (Fsp3) is 0.304. The van der Waals surface area contributed by atoms with Gasteiger partial charge in [-0.3, -0.25) is 9.69 Å². The van der Waals surface area contributed by atoms with E-state index in [1.165, 1.54) is 0 Å². The molecule has 1 fully saturated rings. The quantitative estimate of drug-likeness (QED) is 0.604. The van der Waals surface area contributed by atoms with Crippen LogP contribution in [0, 0.1) is 0 Å². The second-order valence-electron chi connectivity index (χ2n) is 7.14. The second-order valence-corrected chi connectivity index (χ2v) is 8.00. The lowest BCUT2D eigenvalue weighted by molar-refractivity contribution is 0.0624. The van der Waals surface area contributed by atoms with Crippen molar-refractivity contribution in [3.8, 4) is 22.1 Å². The highest BCUT2D eigenvalue weighted by molar-refractivity contribution is 7.13. The molecule has 0 spiro atoms. The Labute approximate surface area is 180 Å². The maximum absolute atomic E-state index is 12.9. The Morgan fingerprint density at radius 1 is 1.00 bits per heavy atom. The maximum Gasteiger partial charge on any atom is 0.257 e. The number of piperazine rings is 1. The van der Waals surface area contributed by atoms with Gasteiger partial charge < -0.3 is 14.4 Å². The molecule has 0 atom stereocenters. The number of nitrogens with zero attached hydrogens (tertiary/aromatic N) is 3. The van der Waals surface area contributed by atoms with Crippen LogP contribution in [0.15, 0.2) is 53.9 Å². The monoisotopic (exact) mass is 423 g/mol. The molecule has 0 aliphatic carbocycles. The number of amides is 1. The van der Waals surface area contributed by atoms with Crippen molar-refractivity contribution in [2.75, 3.05) is 40.4 Å². The number of hydrogen-bond donors (Lipinski definition) is 0. The van der Waals surface area contributed by atoms with E-state index >= 15 is 0 Å². The Hall–Kier alpha value is -2.90. The second kappa shape index (κ2) is 9.28. The number of para-hydroxylation sites is 1. The maximum atomic E-state index is 12.9. The number of aromatic nitrogens is 1. The lowest BCUT2D eigenvalue weighted by atomic mass is 10.1. The molecule has 0 radical (unpaired) electrons. The van der Waals surface area contributed by atoms with Crippen LogP contribution in [0.5, 0.6) is 11.5 Å². The molecule has 7 heteroatoms. The van der Waals surface area contributed by atoms with Crippen LogP contribution < -0.4 is 9.47 Å². The van der Waals surface area contributed by atoms with E-state index in [4.69, 9.17) is 14.5 Å². The fourth-order valence-corrected chi connectivity index (χ4v) is 4.39. The minimum Gasteiger partial charge on any atom is -0.497 e. The number of carbonyl (C=O) groups excluding carboxylic acids is 1. The molecule has 2 heterocycles. The van der Waals surface area contributed by atoms with E-state index in [-0.39, 0.29) is 5.91 Å². The van der Waals surface area contributed by atoms with Crippen LogP contribution in [0.25, 0.3) is 10.6 Å². The SMILES string of the molecule is COc1ccc(-c2nc(CN3CCN(C(=O)c4ccccc4OC)CC3)cs2)cc1. The average molecular weight is 424 g/mol. The van der Waals surface area contributed by atoms with Gasteiger partial charge in [-0.25, -0.2) is 4.98 Å². The molecule has 156 valence electrons. The van der Waals surface area contributed by atoms with Gasteiger partial charge in [0.15, 0.2) is 0 Å². The van der Waals surface area contributed by atoms with E-state index in [0.29, 0.717) is 24.4 Å². The molecule has 2 aromatic carbocycles. The molecule has 4 rings (SSSR count). The van der Waals surface area contributed by atoms with Crippen LogP contribution in [0.4, 0.5) is 0 Å². The van der Waals surface area contributed by atoms with Crippen molar-refractivity contribution in [3.63, 3.8) is 0 Å². The molecule has 0 unspecified atom stereocenters. The van der Waals surface area contributed by atoms with Crippen LogP contribution in [-0.2, 0) is 6.54 Å². The Balaban J connectivity index is 1.34. The molecule has 6 nitrogen and oxygen atoms in total. The third-order valence-corrected chi connectivity index (χ3v) is 6.21. The Morgan fingerprint density at radius 2 is 1.73 bits per heavy atom. The Morgan fingerprint density at radius 3 is 2.43 bits per heavy atom. The number of carbonyl (C=O) groups is 1. The van der Waals surface area contributed by atoms with Gasteiger partial charge in [-0.1, -0.05) is 12.1 Å². The molecule has 1 aliphatic rings. The Kier molecular flexibility index (Phi) is 6.30. The minimum atomic E-state index is 0.0301. The summed E-state index contributed by atoms with van der Waals surface area (Å²) >= 11 is 1.65. The summed E-state index contributed by atoms with van der Waals surface area (Å²) in [4.78, 5) is 21.9. The summed E-state index contributed by atoms with van der Waals surface area (Å²) in [6.07, 6.45) is 0. The molecule has 1 aliphatic heterocycles. The van der Waals surface area contributed by atoms with Crippen molar-refractivity contribution in [1.29, 1.82) is 0 Å². The van der Waals surface area contributed by atoms with Crippen LogP contribution in [0.2, 0.25) is 0 Å². The number of benzene rings is 2. The first-order valence-electron chi connectivity index (χ1n) is 9.91. The molecule has 3 aromatic rings. The normalized spacial score (nSPS) is 14.5. The van der Waals surface area contributed by atoms with E-state index in [1.54, 1.807) is 25.6 Å². The van der Waals surface area contributed by atoms with Crippen molar-refractivity contribution < 1.29 is 14.3 Å². The molecular weight excluding hydrogens is 398 g/mol. The molecule has 1 saturated heterocycles. The summed E-state index contributed by atoms with van der Waals surface area (Å²) in [5, 5.41) is 3.13. The van der Waals surface area contributed by atoms with Crippen molar-refractivity contribution in [3.05, 3.63) is 65.2 Å². The van der Waals surface area contributed by atoms with Crippen molar-refractivity contribution in [2.45, 2.75) is 6.54 Å². The standard InChI is InChI=1S/C23H25N3O3S/c1-28-19-9-7-17(8-10-19)22-24-18(16-30-22)15-25-11-13-26(14-12-25)23(27)20-5-3-4-6-21(20)29-2/h3-10,16H,11-15H2,1-2H3. The van der Waals surface area contributed by atoms with Crippen LogP contribution >= 0.6 is 11.3 Å². The zero-order chi connectivity index (χ0) is 20.9. The summed E-state index contributed by atoms with van der Waals surface area (Å²) in [6, 6.07) is 15.4. The molecule has 0 bridgehead atoms. The van der Waals surface area contributed by atoms with E-state index in [0.717, 1.165) is 41.6 Å². The lowest BCUT2D eigenvalue weighted by Gasteiger charge is -2.34. The smallest absolute Gasteiger partial charge is 0.257 e. The van der Waals surface area contributed by atoms with Gasteiger partial charge in [-0.05, 0) is 36.4 Å². The zero-order valence-corrected chi connectivity index (χ0v) is 18.0. The topological polar surface area (TPSA) is 54.9 Å². The van der Waals surface area contributed by atoms with Crippen molar-refractivity contribution >= 4 is 17.2 Å². The van der Waals surface area contributed by atoms with E-state index in [2.05, 4.69) is 10.3 Å². The van der Waals surface area contributed by atoms with Crippen LogP contribution in [0.1, 0.15) is 16.1 Å². The predicted molar refractivity (Wildman–Crippen MR) is 118 cm³/mol. The van der Waals surface area contributed by atoms with Gasteiger partial charge in [-0.15, -0.1) is 11.3 Å². The molecule has 30 heavy (non-hydrogen) atoms. The van der Waals surface area contributed by atoms with E-state index < -0.39 is 0 Å². The van der Waals surface area contributed by atoms with Crippen molar-refractivity contribution in [1.82, 2.24) is 14.8 Å². The van der Waals surface area contributed by atoms with Gasteiger partial charge >= 0.3 is 0 Å². The first kappa shape index (κ1) is 20.4. The van der Waals surface area contributed by atoms with E-state index in [9.17, 15) is 4.79 Å². The molecular formula is C23H25N3O3S. The first-order valence-corrected chi connectivity index (χ1v) is 10.8. The number of rotatable bonds is 6. The molecule has 1 aromatic heterocycles. The Bertz CT molecular complexity index is 995. The number of methoxy groups -OCH3 is 2. The number of thiazole rings is 1. The van der Waals surface area contributed by atoms with Gasteiger partial charge in [-0.2, -0.15) is 0 Å². The van der Waals surface area contributed by atoms with Gasteiger partial charge in [0.1, 0.15) is 16.5 Å². The average Bonchev–Trinajstić information content (AvgIpc) is 3.27. The van der Waals surface area contributed by atoms with Gasteiger partial charge in [0.2, 0.25) is 0 Å². The highest BCUT2D eigenvalue weighted by atomic mass is 32.1. The first-order chi connectivity index (χ1) is 14.7. The number of hydrogen-bond acceptors (Lipinski definition) is 6. The van der Waals surface area contributed by atoms with Gasteiger partial charge in [0, 0.05) is 43.7 Å². The van der Waals surface area contributed by atoms with Gasteiger partial charge in [0.25, 0.3) is 5.91 Å². The molecule has 1 amide bonds. The van der Waals surface area contributed by atoms with Crippen LogP contribution in [-0.4, -0.2) is 61.1 Å². The largest absolute Gasteiger partial charge is 0.497 e. The summed E-state index contributed by atoms with van der Waals surface area (Å²) in [5.41, 5.74) is 2.78. The highest BCUT2D eigenvalue weighted by Gasteiger charge is 2.24. The summed E-state index contributed by atoms with van der Waals surface area (Å²) in [7, 11) is 3.26. The molecule has 0 N–H and O–H groups in total. The summed E-state index contributed by atoms with van der Waals surface area (Å²) < 4.78 is 10.6. The fourth-order valence-electron chi connectivity index (χ4n) is 3.58. The zero-order valence-electron chi connectivity index (χ0n) is 17.2. The van der Waals surface area contributed by atoms with Gasteiger partial charge in [0.05, 0.1) is 25.5 Å². The van der Waals surface area contributed by atoms with E-state index in [1.807, 2.05) is 53.4 Å². The third-order valence-electron chi connectivity index (χ3n) is 5.27. The third kappa shape index (κ3) is 4.47. The predicted octanol–water partition coefficient (Wildman–Crippen LogP) is 3.79. The summed E-state index contributed by atoms with van der Waals surface area (Å²) in [6.45, 7) is 3.86. The highest BCUT2D eigenvalue weighted by Crippen LogP contribution is 2.26. The number of ether oxygens (including phenoxy) is 2. The minimum absolute atomic E-state index is 0.0301. The summed E-state index contributed by atoms with van der Waals surface area (Å²) in [5.74, 6) is 1.50. The lowest BCUT2D eigenvalue weighted by Crippen LogP contribution is -2.48.